The van der Waals surface area contributed by atoms with Gasteiger partial charge in [0.2, 0.25) is 5.78 Å². The molecule has 1 aromatic carbocycles. The number of carbonyl (C=O) groups excluding carboxylic acids is 1. The number of carboxylic acid groups (broad SMARTS) is 1. The highest BCUT2D eigenvalue weighted by Gasteiger charge is 2.36. The second-order valence-electron chi connectivity index (χ2n) is 15.8. The number of aliphatic carboxylic acids is 1. The number of rotatable bonds is 29. The summed E-state index contributed by atoms with van der Waals surface area (Å²) < 4.78 is 59.0. The van der Waals surface area contributed by atoms with Crippen molar-refractivity contribution in [2.24, 2.45) is 0 Å². The van der Waals surface area contributed by atoms with Crippen molar-refractivity contribution in [3.05, 3.63) is 94.8 Å². The topological polar surface area (TPSA) is 234 Å². The van der Waals surface area contributed by atoms with Crippen LogP contribution in [0.3, 0.4) is 0 Å². The minimum Gasteiger partial charge on any atom is -0.506 e. The van der Waals surface area contributed by atoms with E-state index in [1.165, 1.54) is 0 Å². The lowest BCUT2D eigenvalue weighted by atomic mass is 9.80. The van der Waals surface area contributed by atoms with Crippen LogP contribution in [0.25, 0.3) is 5.57 Å². The zero-order chi connectivity index (χ0) is 46.1. The number of nitrogens with zero attached hydrogens (tertiary/aromatic N) is 9. The molecule has 5 rings (SSSR count). The minimum absolute atomic E-state index is 0.0194. The predicted octanol–water partition coefficient (Wildman–Crippen LogP) is 2.35. The molecule has 0 radical (unpaired) electrons. The molecular weight excluding hydrogens is 851 g/mol. The highest BCUT2D eigenvalue weighted by atomic mass is 32.2. The van der Waals surface area contributed by atoms with E-state index in [2.05, 4.69) is 43.9 Å². The van der Waals surface area contributed by atoms with Crippen molar-refractivity contribution in [1.82, 2.24) is 30.0 Å². The second kappa shape index (κ2) is 24.0. The van der Waals surface area contributed by atoms with Crippen LogP contribution in [0.2, 0.25) is 0 Å². The SMILES string of the molecule is CCN(CCn1cc(C[N+](C)(C)CCCS(=O)(=O)O)nn1)c1ccc(C2=C(O)C(=C3C=CC(=[N+](CC)CCOCc4cn(CCOCCOCCOCC(=O)O)nn4)C=C3)C2=O)cc1. The lowest BCUT2D eigenvalue weighted by molar-refractivity contribution is -0.903. The summed E-state index contributed by atoms with van der Waals surface area (Å²) in [5.41, 5.74) is 5.30. The lowest BCUT2D eigenvalue weighted by Gasteiger charge is -2.28. The van der Waals surface area contributed by atoms with Crippen molar-refractivity contribution in [3.63, 3.8) is 0 Å². The first-order chi connectivity index (χ1) is 30.7. The van der Waals surface area contributed by atoms with Gasteiger partial charge in [-0.05, 0) is 49.3 Å². The maximum Gasteiger partial charge on any atom is 0.329 e. The first-order valence-corrected chi connectivity index (χ1v) is 22.9. The van der Waals surface area contributed by atoms with Crippen molar-refractivity contribution in [3.8, 4) is 0 Å². The largest absolute Gasteiger partial charge is 0.506 e. The van der Waals surface area contributed by atoms with Gasteiger partial charge in [0.15, 0.2) is 12.3 Å². The zero-order valence-electron chi connectivity index (χ0n) is 37.0. The molecule has 20 nitrogen and oxygen atoms in total. The third-order valence-electron chi connectivity index (χ3n) is 10.5. The number of ether oxygens (including phenoxy) is 4. The Morgan fingerprint density at radius 1 is 0.844 bits per heavy atom. The molecule has 2 aliphatic rings. The van der Waals surface area contributed by atoms with Gasteiger partial charge in [-0.15, -0.1) is 10.2 Å². The van der Waals surface area contributed by atoms with Crippen LogP contribution in [0.15, 0.2) is 77.9 Å². The van der Waals surface area contributed by atoms with E-state index in [9.17, 15) is 23.1 Å². The van der Waals surface area contributed by atoms with E-state index in [4.69, 9.17) is 28.6 Å². The number of anilines is 1. The Kier molecular flexibility index (Phi) is 18.6. The number of hydrogen-bond donors (Lipinski definition) is 3. The molecule has 0 spiro atoms. The monoisotopic (exact) mass is 911 g/mol. The summed E-state index contributed by atoms with van der Waals surface area (Å²) in [4.78, 5) is 26.0. The number of benzene rings is 1. The Labute approximate surface area is 373 Å². The third-order valence-corrected chi connectivity index (χ3v) is 11.3. The molecule has 2 heterocycles. The van der Waals surface area contributed by atoms with E-state index in [0.29, 0.717) is 118 Å². The third kappa shape index (κ3) is 15.4. The van der Waals surface area contributed by atoms with Crippen LogP contribution in [0, 0.1) is 0 Å². The maximum absolute atomic E-state index is 13.4. The standard InChI is InChI=1S/C43H59N9O11S/c1-5-48(16-17-50-28-35(44-46-50)30-52(3,4)20-7-27-64(57,58)59)37-12-8-33(9-13-37)40-42(55)41(43(40)56)34-10-14-38(15-11-34)49(6-2)18-21-62-31-36-29-51(47-45-36)19-22-60-23-24-61-25-26-63-32-39(53)54/h8-15,28-29H,5-7,16-27,30-32H2,1-4H3,(H-2,53,54,55,56,57,58,59)/p+2. The molecule has 2 aromatic heterocycles. The van der Waals surface area contributed by atoms with Gasteiger partial charge in [0.25, 0.3) is 10.1 Å². The summed E-state index contributed by atoms with van der Waals surface area (Å²) in [6.07, 6.45) is 11.6. The van der Waals surface area contributed by atoms with Gasteiger partial charge in [-0.2, -0.15) is 8.42 Å². The summed E-state index contributed by atoms with van der Waals surface area (Å²) in [7, 11) is -0.0306. The maximum atomic E-state index is 13.4. The van der Waals surface area contributed by atoms with E-state index in [1.54, 1.807) is 9.36 Å². The average molecular weight is 912 g/mol. The van der Waals surface area contributed by atoms with Gasteiger partial charge in [0.1, 0.15) is 43.5 Å². The Morgan fingerprint density at radius 2 is 1.48 bits per heavy atom. The average Bonchev–Trinajstić information content (AvgIpc) is 3.90. The molecule has 21 heteroatoms. The Morgan fingerprint density at radius 3 is 2.12 bits per heavy atom. The molecule has 64 heavy (non-hydrogen) atoms. The Bertz CT molecular complexity index is 2300. The molecule has 0 amide bonds. The highest BCUT2D eigenvalue weighted by Crippen LogP contribution is 2.39. The van der Waals surface area contributed by atoms with Gasteiger partial charge >= 0.3 is 5.97 Å². The molecule has 0 fully saturated rings. The quantitative estimate of drug-likeness (QED) is 0.0298. The first kappa shape index (κ1) is 49.6. The number of Topliss-reactive ketones (excluding diaryl/α,β-unsaturated/α-hetero) is 1. The number of likely N-dealkylation sites (N-methyl/N-ethyl adjacent to an activating group) is 2. The molecule has 0 saturated heterocycles. The van der Waals surface area contributed by atoms with Crippen LogP contribution < -0.4 is 4.90 Å². The van der Waals surface area contributed by atoms with Crippen LogP contribution in [0.5, 0.6) is 0 Å². The summed E-state index contributed by atoms with van der Waals surface area (Å²) in [6.45, 7) is 11.2. The highest BCUT2D eigenvalue weighted by molar-refractivity contribution is 7.85. The van der Waals surface area contributed by atoms with Crippen LogP contribution in [0.1, 0.15) is 37.2 Å². The van der Waals surface area contributed by atoms with Crippen LogP contribution in [0.4, 0.5) is 5.69 Å². The number of aliphatic hydroxyl groups excluding tert-OH is 1. The molecule has 3 N–H and O–H groups in total. The van der Waals surface area contributed by atoms with Gasteiger partial charge < -0.3 is 38.5 Å². The molecule has 0 saturated carbocycles. The van der Waals surface area contributed by atoms with Gasteiger partial charge in [-0.1, -0.05) is 22.6 Å². The molecule has 0 unspecified atom stereocenters. The summed E-state index contributed by atoms with van der Waals surface area (Å²) in [5, 5.41) is 36.5. The van der Waals surface area contributed by atoms with E-state index >= 15 is 0 Å². The first-order valence-electron chi connectivity index (χ1n) is 21.3. The summed E-state index contributed by atoms with van der Waals surface area (Å²) in [5.74, 6) is -1.51. The number of aromatic nitrogens is 6. The Balaban J connectivity index is 1.04. The number of aliphatic hydroxyl groups is 1. The van der Waals surface area contributed by atoms with Crippen LogP contribution >= 0.6 is 0 Å². The van der Waals surface area contributed by atoms with E-state index in [-0.39, 0.29) is 30.5 Å². The molecule has 3 aromatic rings. The number of carboxylic acids is 1. The van der Waals surface area contributed by atoms with Gasteiger partial charge in [0, 0.05) is 37.3 Å². The number of ketones is 1. The normalized spacial score (nSPS) is 14.2. The molecule has 348 valence electrons. The van der Waals surface area contributed by atoms with Crippen molar-refractivity contribution in [2.45, 2.75) is 46.5 Å². The van der Waals surface area contributed by atoms with Crippen molar-refractivity contribution in [1.29, 1.82) is 0 Å². The molecule has 2 aliphatic carbocycles. The van der Waals surface area contributed by atoms with E-state index < -0.39 is 16.1 Å². The fourth-order valence-electron chi connectivity index (χ4n) is 7.11. The zero-order valence-corrected chi connectivity index (χ0v) is 37.9. The molecule has 0 aliphatic heterocycles. The summed E-state index contributed by atoms with van der Waals surface area (Å²) >= 11 is 0. The van der Waals surface area contributed by atoms with E-state index in [0.717, 1.165) is 30.2 Å². The molecular formula is C43H61N9O11S+2. The fraction of sp³-hybridized carbons (Fsp3) is 0.512. The Hall–Kier alpha value is -5.42. The van der Waals surface area contributed by atoms with Crippen molar-refractivity contribution < 1.29 is 60.8 Å². The number of allylic oxidation sites excluding steroid dienone is 7. The van der Waals surface area contributed by atoms with Crippen LogP contribution in [-0.4, -0.2) is 179 Å². The van der Waals surface area contributed by atoms with Crippen LogP contribution in [-0.2, 0) is 64.9 Å². The number of hydrogen-bond acceptors (Lipinski definition) is 14. The number of carbonyl (C=O) groups is 2. The predicted molar refractivity (Wildman–Crippen MR) is 236 cm³/mol. The van der Waals surface area contributed by atoms with Gasteiger partial charge in [-0.3, -0.25) is 14.0 Å². The smallest absolute Gasteiger partial charge is 0.329 e. The summed E-state index contributed by atoms with van der Waals surface area (Å²) in [6, 6.07) is 7.59. The van der Waals surface area contributed by atoms with Crippen molar-refractivity contribution >= 4 is 38.8 Å². The van der Waals surface area contributed by atoms with Gasteiger partial charge in [-0.25, -0.2) is 14.1 Å². The molecule has 0 bridgehead atoms. The minimum atomic E-state index is -3.99. The van der Waals surface area contributed by atoms with Crippen molar-refractivity contribution in [2.75, 3.05) is 104 Å². The van der Waals surface area contributed by atoms with E-state index in [1.807, 2.05) is 75.1 Å². The second-order valence-corrected chi connectivity index (χ2v) is 17.4. The fourth-order valence-corrected chi connectivity index (χ4v) is 7.61. The lowest BCUT2D eigenvalue weighted by Crippen LogP contribution is -2.40. The van der Waals surface area contributed by atoms with Gasteiger partial charge in [0.05, 0.1) is 103 Å². The molecule has 0 atom stereocenters. The number of quaternary nitrogens is 1.